The van der Waals surface area contributed by atoms with Crippen LogP contribution in [0.15, 0.2) is 59.6 Å². The van der Waals surface area contributed by atoms with Gasteiger partial charge in [0.25, 0.3) is 5.91 Å². The average Bonchev–Trinajstić information content (AvgIpc) is 3.21. The molecule has 0 radical (unpaired) electrons. The van der Waals surface area contributed by atoms with Crippen molar-refractivity contribution in [2.24, 2.45) is 0 Å². The fourth-order valence-corrected chi connectivity index (χ4v) is 2.91. The molecule has 1 aromatic heterocycles. The second-order valence-corrected chi connectivity index (χ2v) is 6.43. The number of amides is 1. The molecule has 0 aliphatic heterocycles. The van der Waals surface area contributed by atoms with E-state index >= 15 is 0 Å². The minimum Gasteiger partial charge on any atom is -0.493 e. The maximum Gasteiger partial charge on any atom is 0.254 e. The molecule has 1 amide bonds. The Hall–Kier alpha value is -3.61. The maximum absolute atomic E-state index is 13.0. The van der Waals surface area contributed by atoms with Crippen molar-refractivity contribution in [2.75, 3.05) is 20.8 Å². The van der Waals surface area contributed by atoms with Crippen LogP contribution in [0.3, 0.4) is 0 Å². The highest BCUT2D eigenvalue weighted by molar-refractivity contribution is 5.95. The molecule has 7 heteroatoms. The summed E-state index contributed by atoms with van der Waals surface area (Å²) in [4.78, 5) is 19.0. The Kier molecular flexibility index (Phi) is 6.29. The Balaban J connectivity index is 1.82. The minimum absolute atomic E-state index is 0.165. The lowest BCUT2D eigenvalue weighted by Crippen LogP contribution is -2.30. The molecule has 0 spiro atoms. The van der Waals surface area contributed by atoms with Crippen molar-refractivity contribution < 1.29 is 18.8 Å². The van der Waals surface area contributed by atoms with Gasteiger partial charge < -0.3 is 18.9 Å². The van der Waals surface area contributed by atoms with Crippen molar-refractivity contribution in [2.45, 2.75) is 13.5 Å². The third-order valence-electron chi connectivity index (χ3n) is 4.34. The van der Waals surface area contributed by atoms with E-state index in [0.717, 1.165) is 11.1 Å². The van der Waals surface area contributed by atoms with E-state index in [2.05, 4.69) is 16.7 Å². The molecule has 3 aromatic rings. The Labute approximate surface area is 169 Å². The summed E-state index contributed by atoms with van der Waals surface area (Å²) in [7, 11) is 3.07. The van der Waals surface area contributed by atoms with Crippen molar-refractivity contribution in [3.8, 4) is 22.9 Å². The fourth-order valence-electron chi connectivity index (χ4n) is 2.91. The van der Waals surface area contributed by atoms with E-state index in [1.54, 1.807) is 36.3 Å². The highest BCUT2D eigenvalue weighted by Gasteiger charge is 2.20. The van der Waals surface area contributed by atoms with Gasteiger partial charge in [-0.2, -0.15) is 4.98 Å². The van der Waals surface area contributed by atoms with Crippen LogP contribution >= 0.6 is 0 Å². The lowest BCUT2D eigenvalue weighted by Gasteiger charge is -2.19. The lowest BCUT2D eigenvalue weighted by molar-refractivity contribution is 0.0745. The second-order valence-electron chi connectivity index (χ2n) is 6.43. The van der Waals surface area contributed by atoms with Crippen molar-refractivity contribution in [3.63, 3.8) is 0 Å². The molecule has 2 aromatic carbocycles. The first-order valence-corrected chi connectivity index (χ1v) is 9.07. The molecular formula is C22H23N3O4. The third-order valence-corrected chi connectivity index (χ3v) is 4.34. The lowest BCUT2D eigenvalue weighted by atomic mass is 10.1. The maximum atomic E-state index is 13.0. The molecule has 0 fully saturated rings. The molecule has 0 saturated heterocycles. The number of benzene rings is 2. The van der Waals surface area contributed by atoms with Crippen LogP contribution in [-0.2, 0) is 6.54 Å². The molecule has 0 unspecified atom stereocenters. The summed E-state index contributed by atoms with van der Waals surface area (Å²) in [6.45, 7) is 6.23. The molecule has 0 atom stereocenters. The molecule has 0 aliphatic rings. The number of methoxy groups -OCH3 is 2. The van der Waals surface area contributed by atoms with Gasteiger partial charge in [-0.1, -0.05) is 35.0 Å². The zero-order valence-electron chi connectivity index (χ0n) is 16.7. The number of hydrogen-bond acceptors (Lipinski definition) is 6. The topological polar surface area (TPSA) is 77.7 Å². The first kappa shape index (κ1) is 20.1. The molecule has 0 N–H and O–H groups in total. The van der Waals surface area contributed by atoms with Crippen LogP contribution in [0.2, 0.25) is 0 Å². The minimum atomic E-state index is -0.207. The summed E-state index contributed by atoms with van der Waals surface area (Å²) >= 11 is 0. The van der Waals surface area contributed by atoms with Gasteiger partial charge in [0.2, 0.25) is 11.7 Å². The van der Waals surface area contributed by atoms with E-state index in [9.17, 15) is 4.79 Å². The van der Waals surface area contributed by atoms with E-state index < -0.39 is 0 Å². The van der Waals surface area contributed by atoms with Crippen molar-refractivity contribution in [1.29, 1.82) is 0 Å². The molecule has 0 bridgehead atoms. The van der Waals surface area contributed by atoms with Gasteiger partial charge in [-0.05, 0) is 31.2 Å². The molecule has 150 valence electrons. The van der Waals surface area contributed by atoms with Gasteiger partial charge in [0, 0.05) is 17.7 Å². The van der Waals surface area contributed by atoms with E-state index in [1.165, 1.54) is 7.11 Å². The van der Waals surface area contributed by atoms with Gasteiger partial charge in [-0.25, -0.2) is 0 Å². The Morgan fingerprint density at radius 2 is 1.97 bits per heavy atom. The van der Waals surface area contributed by atoms with Gasteiger partial charge in [-0.15, -0.1) is 6.58 Å². The first-order valence-electron chi connectivity index (χ1n) is 9.07. The van der Waals surface area contributed by atoms with Crippen LogP contribution < -0.4 is 9.47 Å². The number of nitrogens with zero attached hydrogens (tertiary/aromatic N) is 3. The number of rotatable bonds is 8. The largest absolute Gasteiger partial charge is 0.493 e. The second kappa shape index (κ2) is 9.05. The third kappa shape index (κ3) is 4.63. The van der Waals surface area contributed by atoms with Gasteiger partial charge in [0.1, 0.15) is 6.54 Å². The predicted octanol–water partition coefficient (Wildman–Crippen LogP) is 3.89. The van der Waals surface area contributed by atoms with Gasteiger partial charge >= 0.3 is 0 Å². The highest BCUT2D eigenvalue weighted by Crippen LogP contribution is 2.28. The van der Waals surface area contributed by atoms with Crippen LogP contribution in [0, 0.1) is 6.92 Å². The van der Waals surface area contributed by atoms with Crippen molar-refractivity contribution in [3.05, 3.63) is 72.1 Å². The van der Waals surface area contributed by atoms with Crippen molar-refractivity contribution >= 4 is 5.91 Å². The Morgan fingerprint density at radius 3 is 2.66 bits per heavy atom. The molecule has 7 nitrogen and oxygen atoms in total. The molecule has 0 aliphatic carbocycles. The number of ether oxygens (including phenoxy) is 2. The van der Waals surface area contributed by atoms with Crippen LogP contribution in [0.1, 0.15) is 21.8 Å². The molecule has 3 rings (SSSR count). The number of carbonyl (C=O) groups excluding carboxylic acids is 1. The Morgan fingerprint density at radius 1 is 1.17 bits per heavy atom. The van der Waals surface area contributed by atoms with Gasteiger partial charge in [-0.3, -0.25) is 4.79 Å². The molecule has 1 heterocycles. The highest BCUT2D eigenvalue weighted by atomic mass is 16.5. The first-order chi connectivity index (χ1) is 14.0. The Bertz CT molecular complexity index is 1010. The molecule has 29 heavy (non-hydrogen) atoms. The monoisotopic (exact) mass is 393 g/mol. The van der Waals surface area contributed by atoms with Crippen LogP contribution in [0.5, 0.6) is 11.5 Å². The van der Waals surface area contributed by atoms with E-state index in [1.807, 2.05) is 31.2 Å². The smallest absolute Gasteiger partial charge is 0.254 e. The summed E-state index contributed by atoms with van der Waals surface area (Å²) in [5.41, 5.74) is 2.43. The zero-order valence-corrected chi connectivity index (χ0v) is 16.7. The fraction of sp³-hybridized carbons (Fsp3) is 0.227. The molecular weight excluding hydrogens is 370 g/mol. The van der Waals surface area contributed by atoms with Crippen LogP contribution in [0.25, 0.3) is 11.4 Å². The number of aryl methyl sites for hydroxylation is 1. The van der Waals surface area contributed by atoms with Crippen LogP contribution in [0.4, 0.5) is 0 Å². The average molecular weight is 393 g/mol. The van der Waals surface area contributed by atoms with Gasteiger partial charge in [0.05, 0.1) is 14.2 Å². The predicted molar refractivity (Wildman–Crippen MR) is 109 cm³/mol. The summed E-state index contributed by atoms with van der Waals surface area (Å²) in [6.07, 6.45) is 1.65. The van der Waals surface area contributed by atoms with Gasteiger partial charge in [0.15, 0.2) is 11.5 Å². The summed E-state index contributed by atoms with van der Waals surface area (Å²) in [5, 5.41) is 4.04. The van der Waals surface area contributed by atoms with E-state index in [4.69, 9.17) is 14.0 Å². The summed E-state index contributed by atoms with van der Waals surface area (Å²) in [5.74, 6) is 1.66. The normalized spacial score (nSPS) is 10.4. The standard InChI is InChI=1S/C22H23N3O4/c1-5-11-25(22(26)17-9-10-18(27-3)19(13-17)28-4)14-20-23-21(24-29-20)16-8-6-7-15(2)12-16/h5-10,12-13H,1,11,14H2,2-4H3. The van der Waals surface area contributed by atoms with Crippen LogP contribution in [-0.4, -0.2) is 41.7 Å². The summed E-state index contributed by atoms with van der Waals surface area (Å²) < 4.78 is 15.9. The quantitative estimate of drug-likeness (QED) is 0.540. The van der Waals surface area contributed by atoms with E-state index in [-0.39, 0.29) is 12.5 Å². The zero-order chi connectivity index (χ0) is 20.8. The summed E-state index contributed by atoms with van der Waals surface area (Å²) in [6, 6.07) is 12.8. The number of carbonyl (C=O) groups is 1. The van der Waals surface area contributed by atoms with Crippen molar-refractivity contribution in [1.82, 2.24) is 15.0 Å². The number of hydrogen-bond donors (Lipinski definition) is 0. The SMILES string of the molecule is C=CCN(Cc1nc(-c2cccc(C)c2)no1)C(=O)c1ccc(OC)c(OC)c1. The van der Waals surface area contributed by atoms with E-state index in [0.29, 0.717) is 35.3 Å². The molecule has 0 saturated carbocycles. The number of aromatic nitrogens is 2.